The van der Waals surface area contributed by atoms with E-state index in [1.807, 2.05) is 6.92 Å². The summed E-state index contributed by atoms with van der Waals surface area (Å²) < 4.78 is 0. The summed E-state index contributed by atoms with van der Waals surface area (Å²) >= 11 is 0. The molecule has 0 aliphatic rings. The third-order valence-electron chi connectivity index (χ3n) is 1.98. The number of primary amides is 1. The first kappa shape index (κ1) is 10.5. The van der Waals surface area contributed by atoms with Crippen molar-refractivity contribution in [3.8, 4) is 0 Å². The number of rotatable bonds is 6. The monoisotopic (exact) mass is 157 g/mol. The molecule has 0 aliphatic heterocycles. The smallest absolute Gasteiger partial charge is 0.220 e. The van der Waals surface area contributed by atoms with E-state index in [-0.39, 0.29) is 11.8 Å². The number of amides is 1. The second kappa shape index (κ2) is 6.20. The van der Waals surface area contributed by atoms with Crippen molar-refractivity contribution in [2.75, 3.05) is 0 Å². The van der Waals surface area contributed by atoms with Crippen LogP contribution in [0.25, 0.3) is 0 Å². The standard InChI is InChI=1S/C9H19NO/c1-3-4-5-6-7-8(2)9(10)11/h8H,3-7H2,1-2H3,(H2,10,11)/t8-/m1/s1. The van der Waals surface area contributed by atoms with Crippen LogP contribution in [-0.4, -0.2) is 5.91 Å². The maximum atomic E-state index is 10.6. The minimum atomic E-state index is -0.165. The van der Waals surface area contributed by atoms with Crippen molar-refractivity contribution >= 4 is 5.91 Å². The molecule has 1 amide bonds. The molecule has 0 saturated heterocycles. The van der Waals surface area contributed by atoms with Gasteiger partial charge in [0.2, 0.25) is 5.91 Å². The van der Waals surface area contributed by atoms with E-state index < -0.39 is 0 Å². The van der Waals surface area contributed by atoms with Crippen LogP contribution in [0.15, 0.2) is 0 Å². The molecule has 0 aliphatic carbocycles. The highest BCUT2D eigenvalue weighted by Crippen LogP contribution is 2.09. The molecule has 2 nitrogen and oxygen atoms in total. The fourth-order valence-electron chi connectivity index (χ4n) is 1.02. The van der Waals surface area contributed by atoms with Crippen LogP contribution in [-0.2, 0) is 4.79 Å². The van der Waals surface area contributed by atoms with Gasteiger partial charge in [-0.1, -0.05) is 39.5 Å². The Kier molecular flexibility index (Phi) is 5.90. The summed E-state index contributed by atoms with van der Waals surface area (Å²) in [5, 5.41) is 0. The average Bonchev–Trinajstić information content (AvgIpc) is 1.97. The Morgan fingerprint density at radius 2 is 2.00 bits per heavy atom. The predicted octanol–water partition coefficient (Wildman–Crippen LogP) is 2.08. The summed E-state index contributed by atoms with van der Waals surface area (Å²) in [6, 6.07) is 0. The molecule has 0 aromatic rings. The van der Waals surface area contributed by atoms with Crippen LogP contribution in [0.3, 0.4) is 0 Å². The van der Waals surface area contributed by atoms with Crippen molar-refractivity contribution in [1.82, 2.24) is 0 Å². The molecule has 0 rings (SSSR count). The number of carbonyl (C=O) groups is 1. The zero-order chi connectivity index (χ0) is 8.69. The van der Waals surface area contributed by atoms with Crippen molar-refractivity contribution in [3.05, 3.63) is 0 Å². The summed E-state index contributed by atoms with van der Waals surface area (Å²) in [6.07, 6.45) is 5.83. The molecular formula is C9H19NO. The van der Waals surface area contributed by atoms with Gasteiger partial charge in [-0.2, -0.15) is 0 Å². The van der Waals surface area contributed by atoms with Crippen molar-refractivity contribution in [2.45, 2.75) is 46.0 Å². The SMILES string of the molecule is CCCCCC[C@@H](C)C(N)=O. The summed E-state index contributed by atoms with van der Waals surface area (Å²) in [5.74, 6) is -0.103. The lowest BCUT2D eigenvalue weighted by Gasteiger charge is -2.05. The molecule has 2 heteroatoms. The Morgan fingerprint density at radius 1 is 1.36 bits per heavy atom. The third kappa shape index (κ3) is 5.89. The lowest BCUT2D eigenvalue weighted by atomic mass is 10.0. The van der Waals surface area contributed by atoms with E-state index in [1.54, 1.807) is 0 Å². The topological polar surface area (TPSA) is 43.1 Å². The Balaban J connectivity index is 3.17. The lowest BCUT2D eigenvalue weighted by Crippen LogP contribution is -2.20. The highest BCUT2D eigenvalue weighted by Gasteiger charge is 2.06. The van der Waals surface area contributed by atoms with Gasteiger partial charge in [-0.15, -0.1) is 0 Å². The molecule has 2 N–H and O–H groups in total. The second-order valence-corrected chi connectivity index (χ2v) is 3.15. The first-order valence-electron chi connectivity index (χ1n) is 4.47. The van der Waals surface area contributed by atoms with E-state index in [0.29, 0.717) is 0 Å². The highest BCUT2D eigenvalue weighted by atomic mass is 16.1. The summed E-state index contributed by atoms with van der Waals surface area (Å²) in [6.45, 7) is 4.08. The lowest BCUT2D eigenvalue weighted by molar-refractivity contribution is -0.121. The van der Waals surface area contributed by atoms with Gasteiger partial charge in [0.1, 0.15) is 0 Å². The van der Waals surface area contributed by atoms with Gasteiger partial charge in [0.15, 0.2) is 0 Å². The van der Waals surface area contributed by atoms with E-state index in [0.717, 1.165) is 12.8 Å². The maximum Gasteiger partial charge on any atom is 0.220 e. The Labute approximate surface area is 69.2 Å². The summed E-state index contributed by atoms with van der Waals surface area (Å²) in [5.41, 5.74) is 5.11. The van der Waals surface area contributed by atoms with E-state index in [4.69, 9.17) is 5.73 Å². The quantitative estimate of drug-likeness (QED) is 0.589. The zero-order valence-electron chi connectivity index (χ0n) is 7.60. The number of hydrogen-bond acceptors (Lipinski definition) is 1. The van der Waals surface area contributed by atoms with E-state index >= 15 is 0 Å². The fourth-order valence-corrected chi connectivity index (χ4v) is 1.02. The van der Waals surface area contributed by atoms with Crippen molar-refractivity contribution in [3.63, 3.8) is 0 Å². The molecule has 0 spiro atoms. The van der Waals surface area contributed by atoms with Crippen LogP contribution < -0.4 is 5.73 Å². The molecule has 0 aromatic heterocycles. The van der Waals surface area contributed by atoms with Gasteiger partial charge in [-0.05, 0) is 6.42 Å². The second-order valence-electron chi connectivity index (χ2n) is 3.15. The molecule has 66 valence electrons. The number of carbonyl (C=O) groups excluding carboxylic acids is 1. The van der Waals surface area contributed by atoms with Crippen molar-refractivity contribution < 1.29 is 4.79 Å². The van der Waals surface area contributed by atoms with E-state index in [2.05, 4.69) is 6.92 Å². The van der Waals surface area contributed by atoms with E-state index in [1.165, 1.54) is 19.3 Å². The maximum absolute atomic E-state index is 10.6. The van der Waals surface area contributed by atoms with Crippen LogP contribution in [0, 0.1) is 5.92 Å². The van der Waals surface area contributed by atoms with Crippen molar-refractivity contribution in [1.29, 1.82) is 0 Å². The molecule has 0 fully saturated rings. The van der Waals surface area contributed by atoms with Gasteiger partial charge in [0, 0.05) is 5.92 Å². The van der Waals surface area contributed by atoms with E-state index in [9.17, 15) is 4.79 Å². The average molecular weight is 157 g/mol. The predicted molar refractivity (Wildman–Crippen MR) is 47.1 cm³/mol. The molecule has 0 unspecified atom stereocenters. The molecule has 11 heavy (non-hydrogen) atoms. The molecule has 0 aromatic carbocycles. The summed E-state index contributed by atoms with van der Waals surface area (Å²) in [7, 11) is 0. The Hall–Kier alpha value is -0.530. The van der Waals surface area contributed by atoms with Gasteiger partial charge in [-0.25, -0.2) is 0 Å². The van der Waals surface area contributed by atoms with Gasteiger partial charge in [0.25, 0.3) is 0 Å². The van der Waals surface area contributed by atoms with Crippen molar-refractivity contribution in [2.24, 2.45) is 11.7 Å². The first-order chi connectivity index (χ1) is 5.18. The third-order valence-corrected chi connectivity index (χ3v) is 1.98. The molecular weight excluding hydrogens is 138 g/mol. The number of unbranched alkanes of at least 4 members (excludes halogenated alkanes) is 3. The molecule has 0 radical (unpaired) electrons. The molecule has 1 atom stereocenters. The fraction of sp³-hybridized carbons (Fsp3) is 0.889. The highest BCUT2D eigenvalue weighted by molar-refractivity contribution is 5.76. The number of nitrogens with two attached hydrogens (primary N) is 1. The molecule has 0 bridgehead atoms. The molecule has 0 saturated carbocycles. The van der Waals surface area contributed by atoms with Crippen LogP contribution in [0.5, 0.6) is 0 Å². The minimum Gasteiger partial charge on any atom is -0.369 e. The van der Waals surface area contributed by atoms with Gasteiger partial charge < -0.3 is 5.73 Å². The van der Waals surface area contributed by atoms with Gasteiger partial charge in [-0.3, -0.25) is 4.79 Å². The van der Waals surface area contributed by atoms with Crippen LogP contribution in [0.2, 0.25) is 0 Å². The Morgan fingerprint density at radius 3 is 2.45 bits per heavy atom. The minimum absolute atomic E-state index is 0.0619. The van der Waals surface area contributed by atoms with Gasteiger partial charge >= 0.3 is 0 Å². The zero-order valence-corrected chi connectivity index (χ0v) is 7.60. The normalized spacial score (nSPS) is 12.9. The Bertz CT molecular complexity index is 112. The first-order valence-corrected chi connectivity index (χ1v) is 4.47. The van der Waals surface area contributed by atoms with Gasteiger partial charge in [0.05, 0.1) is 0 Å². The summed E-state index contributed by atoms with van der Waals surface area (Å²) in [4.78, 5) is 10.6. The molecule has 0 heterocycles. The van der Waals surface area contributed by atoms with Crippen LogP contribution >= 0.6 is 0 Å². The number of hydrogen-bond donors (Lipinski definition) is 1. The van der Waals surface area contributed by atoms with Crippen LogP contribution in [0.4, 0.5) is 0 Å². The van der Waals surface area contributed by atoms with Crippen LogP contribution in [0.1, 0.15) is 46.0 Å². The largest absolute Gasteiger partial charge is 0.369 e.